The highest BCUT2D eigenvalue weighted by Crippen LogP contribution is 2.40. The largest absolute Gasteiger partial charge is 0.449 e. The molecule has 1 aliphatic rings. The van der Waals surface area contributed by atoms with E-state index in [-0.39, 0.29) is 5.91 Å². The quantitative estimate of drug-likeness (QED) is 0.815. The van der Waals surface area contributed by atoms with Gasteiger partial charge < -0.3 is 20.5 Å². The number of rotatable bonds is 2. The number of benzene rings is 1. The Bertz CT molecular complexity index is 455. The molecule has 1 aromatic rings. The summed E-state index contributed by atoms with van der Waals surface area (Å²) in [4.78, 5) is 11.4. The van der Waals surface area contributed by atoms with Crippen molar-refractivity contribution >= 4 is 11.6 Å². The molecule has 5 heteroatoms. The zero-order chi connectivity index (χ0) is 12.6. The summed E-state index contributed by atoms with van der Waals surface area (Å²) in [6.45, 7) is 5.28. The van der Waals surface area contributed by atoms with E-state index in [2.05, 4.69) is 5.32 Å². The predicted octanol–water partition coefficient (Wildman–Crippen LogP) is 1.48. The Labute approximate surface area is 99.9 Å². The molecule has 0 saturated carbocycles. The summed E-state index contributed by atoms with van der Waals surface area (Å²) in [5.74, 6) is 0.404. The summed E-state index contributed by atoms with van der Waals surface area (Å²) in [5.41, 5.74) is 6.12. The number of hydrogen-bond acceptors (Lipinski definition) is 4. The van der Waals surface area contributed by atoms with Crippen molar-refractivity contribution in [1.82, 2.24) is 0 Å². The Kier molecular flexibility index (Phi) is 2.71. The van der Waals surface area contributed by atoms with E-state index in [0.29, 0.717) is 17.2 Å². The Morgan fingerprint density at radius 1 is 1.35 bits per heavy atom. The van der Waals surface area contributed by atoms with Crippen LogP contribution in [0.5, 0.6) is 11.5 Å². The van der Waals surface area contributed by atoms with Gasteiger partial charge in [0, 0.05) is 25.6 Å². The standard InChI is InChI=1S/C12H16N2O3/c1-7(13)11(15)14-8-4-5-9-10(6-8)17-12(2,3)16-9/h4-7H,13H2,1-3H3,(H,14,15)/t7-/m0/s1. The normalized spacial score (nSPS) is 17.6. The third-order valence-corrected chi connectivity index (χ3v) is 2.34. The van der Waals surface area contributed by atoms with Crippen molar-refractivity contribution in [3.63, 3.8) is 0 Å². The fourth-order valence-electron chi connectivity index (χ4n) is 1.56. The van der Waals surface area contributed by atoms with Crippen molar-refractivity contribution in [1.29, 1.82) is 0 Å². The number of carbonyl (C=O) groups is 1. The van der Waals surface area contributed by atoms with Crippen LogP contribution in [-0.4, -0.2) is 17.7 Å². The molecule has 0 saturated heterocycles. The highest BCUT2D eigenvalue weighted by molar-refractivity contribution is 5.94. The second-order valence-electron chi connectivity index (χ2n) is 4.54. The fourth-order valence-corrected chi connectivity index (χ4v) is 1.56. The Balaban J connectivity index is 2.17. The molecule has 0 bridgehead atoms. The first-order chi connectivity index (χ1) is 7.87. The summed E-state index contributed by atoms with van der Waals surface area (Å²) in [7, 11) is 0. The molecule has 17 heavy (non-hydrogen) atoms. The summed E-state index contributed by atoms with van der Waals surface area (Å²) in [5, 5.41) is 2.70. The molecule has 0 aromatic heterocycles. The third kappa shape index (κ3) is 2.50. The van der Waals surface area contributed by atoms with Crippen LogP contribution in [0.3, 0.4) is 0 Å². The van der Waals surface area contributed by atoms with Gasteiger partial charge in [0.1, 0.15) is 0 Å². The molecule has 0 fully saturated rings. The van der Waals surface area contributed by atoms with Crippen molar-refractivity contribution in [2.45, 2.75) is 32.6 Å². The molecule has 1 heterocycles. The van der Waals surface area contributed by atoms with Crippen molar-refractivity contribution in [2.24, 2.45) is 5.73 Å². The number of carbonyl (C=O) groups excluding carboxylic acids is 1. The van der Waals surface area contributed by atoms with Crippen LogP contribution in [0.1, 0.15) is 20.8 Å². The first kappa shape index (κ1) is 11.7. The second kappa shape index (κ2) is 3.92. The minimum Gasteiger partial charge on any atom is -0.449 e. The molecule has 0 unspecified atom stereocenters. The smallest absolute Gasteiger partial charge is 0.246 e. The van der Waals surface area contributed by atoms with E-state index in [0.717, 1.165) is 0 Å². The summed E-state index contributed by atoms with van der Waals surface area (Å²) in [6.07, 6.45) is 0. The van der Waals surface area contributed by atoms with Gasteiger partial charge in [0.15, 0.2) is 11.5 Å². The molecule has 1 atom stereocenters. The topological polar surface area (TPSA) is 73.6 Å². The molecule has 1 aliphatic heterocycles. The summed E-state index contributed by atoms with van der Waals surface area (Å²) in [6, 6.07) is 4.70. The van der Waals surface area contributed by atoms with E-state index < -0.39 is 11.8 Å². The van der Waals surface area contributed by atoms with Gasteiger partial charge in [0.2, 0.25) is 11.7 Å². The Morgan fingerprint density at radius 3 is 2.65 bits per heavy atom. The highest BCUT2D eigenvalue weighted by Gasteiger charge is 2.31. The average molecular weight is 236 g/mol. The van der Waals surface area contributed by atoms with E-state index >= 15 is 0 Å². The van der Waals surface area contributed by atoms with Crippen LogP contribution in [0.4, 0.5) is 5.69 Å². The van der Waals surface area contributed by atoms with Crippen molar-refractivity contribution in [3.05, 3.63) is 18.2 Å². The molecular formula is C12H16N2O3. The maximum Gasteiger partial charge on any atom is 0.246 e. The van der Waals surface area contributed by atoms with E-state index in [4.69, 9.17) is 15.2 Å². The van der Waals surface area contributed by atoms with Crippen LogP contribution >= 0.6 is 0 Å². The van der Waals surface area contributed by atoms with E-state index in [1.54, 1.807) is 25.1 Å². The van der Waals surface area contributed by atoms with Crippen LogP contribution in [0.15, 0.2) is 18.2 Å². The van der Waals surface area contributed by atoms with Gasteiger partial charge in [-0.25, -0.2) is 0 Å². The van der Waals surface area contributed by atoms with E-state index in [9.17, 15) is 4.79 Å². The van der Waals surface area contributed by atoms with Crippen LogP contribution in [0, 0.1) is 0 Å². The number of hydrogen-bond donors (Lipinski definition) is 2. The minimum absolute atomic E-state index is 0.233. The summed E-state index contributed by atoms with van der Waals surface area (Å²) < 4.78 is 11.1. The van der Waals surface area contributed by atoms with E-state index in [1.807, 2.05) is 13.8 Å². The van der Waals surface area contributed by atoms with Crippen molar-refractivity contribution < 1.29 is 14.3 Å². The van der Waals surface area contributed by atoms with Crippen LogP contribution < -0.4 is 20.5 Å². The summed E-state index contributed by atoms with van der Waals surface area (Å²) >= 11 is 0. The highest BCUT2D eigenvalue weighted by atomic mass is 16.7. The number of anilines is 1. The lowest BCUT2D eigenvalue weighted by atomic mass is 10.2. The average Bonchev–Trinajstić information content (AvgIpc) is 2.50. The van der Waals surface area contributed by atoms with Gasteiger partial charge in [0.25, 0.3) is 0 Å². The van der Waals surface area contributed by atoms with Gasteiger partial charge in [-0.1, -0.05) is 0 Å². The van der Waals surface area contributed by atoms with Gasteiger partial charge in [-0.3, -0.25) is 4.79 Å². The number of ether oxygens (including phenoxy) is 2. The monoisotopic (exact) mass is 236 g/mol. The number of nitrogens with two attached hydrogens (primary N) is 1. The molecule has 2 rings (SSSR count). The predicted molar refractivity (Wildman–Crippen MR) is 64.1 cm³/mol. The Morgan fingerprint density at radius 2 is 2.00 bits per heavy atom. The van der Waals surface area contributed by atoms with Crippen LogP contribution in [0.2, 0.25) is 0 Å². The molecule has 1 aromatic carbocycles. The van der Waals surface area contributed by atoms with Crippen LogP contribution in [-0.2, 0) is 4.79 Å². The van der Waals surface area contributed by atoms with Gasteiger partial charge >= 0.3 is 0 Å². The van der Waals surface area contributed by atoms with Crippen LogP contribution in [0.25, 0.3) is 0 Å². The fraction of sp³-hybridized carbons (Fsp3) is 0.417. The number of amides is 1. The molecule has 5 nitrogen and oxygen atoms in total. The molecular weight excluding hydrogens is 220 g/mol. The van der Waals surface area contributed by atoms with Gasteiger partial charge in [-0.2, -0.15) is 0 Å². The first-order valence-corrected chi connectivity index (χ1v) is 5.46. The molecule has 0 radical (unpaired) electrons. The lowest BCUT2D eigenvalue weighted by Gasteiger charge is -2.16. The van der Waals surface area contributed by atoms with Crippen molar-refractivity contribution in [2.75, 3.05) is 5.32 Å². The SMILES string of the molecule is C[C@H](N)C(=O)Nc1ccc2c(c1)OC(C)(C)O2. The number of fused-ring (bicyclic) bond motifs is 1. The van der Waals surface area contributed by atoms with Gasteiger partial charge in [-0.05, 0) is 19.1 Å². The third-order valence-electron chi connectivity index (χ3n) is 2.34. The van der Waals surface area contributed by atoms with Gasteiger partial charge in [0.05, 0.1) is 6.04 Å². The zero-order valence-corrected chi connectivity index (χ0v) is 10.1. The van der Waals surface area contributed by atoms with Crippen molar-refractivity contribution in [3.8, 4) is 11.5 Å². The Hall–Kier alpha value is -1.75. The second-order valence-corrected chi connectivity index (χ2v) is 4.54. The lowest BCUT2D eigenvalue weighted by Crippen LogP contribution is -2.32. The molecule has 0 spiro atoms. The number of nitrogens with one attached hydrogen (secondary N) is 1. The molecule has 3 N–H and O–H groups in total. The zero-order valence-electron chi connectivity index (χ0n) is 10.1. The maximum atomic E-state index is 11.4. The maximum absolute atomic E-state index is 11.4. The lowest BCUT2D eigenvalue weighted by molar-refractivity contribution is -0.117. The van der Waals surface area contributed by atoms with E-state index in [1.165, 1.54) is 0 Å². The molecule has 1 amide bonds. The van der Waals surface area contributed by atoms with Gasteiger partial charge in [-0.15, -0.1) is 0 Å². The molecule has 92 valence electrons. The minimum atomic E-state index is -0.661. The first-order valence-electron chi connectivity index (χ1n) is 5.46. The molecule has 0 aliphatic carbocycles.